The van der Waals surface area contributed by atoms with Crippen LogP contribution in [-0.2, 0) is 19.1 Å². The van der Waals surface area contributed by atoms with Gasteiger partial charge in [-0.25, -0.2) is 0 Å². The van der Waals surface area contributed by atoms with Crippen LogP contribution in [0.1, 0.15) is 72.6 Å². The fourth-order valence-corrected chi connectivity index (χ4v) is 3.76. The third kappa shape index (κ3) is 4.64. The van der Waals surface area contributed by atoms with Gasteiger partial charge in [0.15, 0.2) is 11.7 Å². The Morgan fingerprint density at radius 3 is 2.35 bits per heavy atom. The molecule has 0 radical (unpaired) electrons. The lowest BCUT2D eigenvalue weighted by Crippen LogP contribution is -2.46. The maximum absolute atomic E-state index is 12.7. The monoisotopic (exact) mass is 366 g/mol. The predicted octanol–water partition coefficient (Wildman–Crippen LogP) is 2.65. The lowest BCUT2D eigenvalue weighted by molar-refractivity contribution is -0.147. The Hall–Kier alpha value is -1.43. The van der Waals surface area contributed by atoms with E-state index >= 15 is 0 Å². The van der Waals surface area contributed by atoms with E-state index in [-0.39, 0.29) is 17.8 Å². The molecule has 2 aliphatic rings. The number of carbonyl (C=O) groups excluding carboxylic acids is 3. The van der Waals surface area contributed by atoms with E-state index in [1.165, 1.54) is 30.6 Å². The molecule has 2 saturated heterocycles. The summed E-state index contributed by atoms with van der Waals surface area (Å²) in [5.41, 5.74) is -0.298. The van der Waals surface area contributed by atoms with Gasteiger partial charge in [0.1, 0.15) is 12.3 Å². The van der Waals surface area contributed by atoms with Crippen LogP contribution < -0.4 is 5.32 Å². The smallest absolute Gasteiger partial charge is 0.245 e. The van der Waals surface area contributed by atoms with E-state index in [2.05, 4.69) is 12.2 Å². The van der Waals surface area contributed by atoms with Crippen molar-refractivity contribution in [3.63, 3.8) is 0 Å². The van der Waals surface area contributed by atoms with Gasteiger partial charge in [0.05, 0.1) is 6.61 Å². The van der Waals surface area contributed by atoms with E-state index in [9.17, 15) is 14.4 Å². The minimum Gasteiger partial charge on any atom is -0.355 e. The lowest BCUT2D eigenvalue weighted by atomic mass is 9.93. The average molecular weight is 367 g/mol. The lowest BCUT2D eigenvalue weighted by Gasteiger charge is -2.32. The van der Waals surface area contributed by atoms with Crippen molar-refractivity contribution in [2.24, 2.45) is 11.3 Å². The second-order valence-corrected chi connectivity index (χ2v) is 8.56. The van der Waals surface area contributed by atoms with Crippen molar-refractivity contribution >= 4 is 17.6 Å². The summed E-state index contributed by atoms with van der Waals surface area (Å²) >= 11 is 0. The van der Waals surface area contributed by atoms with Gasteiger partial charge in [0.25, 0.3) is 0 Å². The van der Waals surface area contributed by atoms with Crippen molar-refractivity contribution in [3.8, 4) is 0 Å². The van der Waals surface area contributed by atoms with E-state index in [4.69, 9.17) is 4.74 Å². The molecule has 0 aromatic carbocycles. The number of unbranched alkanes of at least 4 members (excludes halogenated alkanes) is 6. The van der Waals surface area contributed by atoms with Crippen LogP contribution in [0.25, 0.3) is 0 Å². The summed E-state index contributed by atoms with van der Waals surface area (Å²) in [7, 11) is 0. The molecule has 2 aliphatic heterocycles. The van der Waals surface area contributed by atoms with Gasteiger partial charge in [0.2, 0.25) is 11.8 Å². The minimum atomic E-state index is -1.20. The first-order valence-electron chi connectivity index (χ1n) is 10.0. The van der Waals surface area contributed by atoms with Crippen LogP contribution in [0.5, 0.6) is 0 Å². The molecule has 3 atom stereocenters. The third-order valence-electron chi connectivity index (χ3n) is 5.20. The number of ketones is 1. The fraction of sp³-hybridized carbons (Fsp3) is 0.850. The van der Waals surface area contributed by atoms with Crippen molar-refractivity contribution in [1.82, 2.24) is 10.2 Å². The predicted molar refractivity (Wildman–Crippen MR) is 99.3 cm³/mol. The van der Waals surface area contributed by atoms with Crippen molar-refractivity contribution in [3.05, 3.63) is 0 Å². The number of nitrogens with zero attached hydrogens (tertiary/aromatic N) is 1. The Balaban J connectivity index is 1.79. The molecule has 0 bridgehead atoms. The van der Waals surface area contributed by atoms with Crippen LogP contribution in [0.2, 0.25) is 0 Å². The first-order valence-corrected chi connectivity index (χ1v) is 10.0. The Morgan fingerprint density at radius 1 is 1.12 bits per heavy atom. The first kappa shape index (κ1) is 20.9. The minimum absolute atomic E-state index is 0.189. The van der Waals surface area contributed by atoms with Crippen molar-refractivity contribution in [2.75, 3.05) is 13.2 Å². The van der Waals surface area contributed by atoms with Gasteiger partial charge in [-0.1, -0.05) is 66.2 Å². The summed E-state index contributed by atoms with van der Waals surface area (Å²) in [6.07, 6.45) is 7.66. The van der Waals surface area contributed by atoms with Gasteiger partial charge in [-0.15, -0.1) is 0 Å². The molecule has 2 heterocycles. The van der Waals surface area contributed by atoms with E-state index in [0.29, 0.717) is 6.54 Å². The van der Waals surface area contributed by atoms with Crippen LogP contribution in [-0.4, -0.2) is 47.9 Å². The number of Topliss-reactive ketones (excluding diaryl/α,β-unsaturated/α-hetero) is 1. The Labute approximate surface area is 157 Å². The summed E-state index contributed by atoms with van der Waals surface area (Å²) < 4.78 is 5.66. The highest BCUT2D eigenvalue weighted by Crippen LogP contribution is 2.37. The molecule has 6 heteroatoms. The summed E-state index contributed by atoms with van der Waals surface area (Å²) in [5.74, 6) is -2.38. The van der Waals surface area contributed by atoms with Crippen molar-refractivity contribution in [1.29, 1.82) is 0 Å². The van der Waals surface area contributed by atoms with E-state index in [1.807, 2.05) is 20.8 Å². The molecule has 0 aliphatic carbocycles. The second-order valence-electron chi connectivity index (χ2n) is 8.56. The van der Waals surface area contributed by atoms with E-state index < -0.39 is 30.0 Å². The summed E-state index contributed by atoms with van der Waals surface area (Å²) in [6.45, 7) is 8.80. The van der Waals surface area contributed by atoms with Gasteiger partial charge in [-0.2, -0.15) is 0 Å². The van der Waals surface area contributed by atoms with Gasteiger partial charge in [-0.05, 0) is 6.42 Å². The molecule has 2 amide bonds. The Kier molecular flexibility index (Phi) is 7.21. The number of ether oxygens (including phenoxy) is 1. The van der Waals surface area contributed by atoms with Gasteiger partial charge < -0.3 is 15.0 Å². The maximum Gasteiger partial charge on any atom is 0.245 e. The largest absolute Gasteiger partial charge is 0.355 e. The molecule has 0 aromatic heterocycles. The Morgan fingerprint density at radius 2 is 1.73 bits per heavy atom. The molecule has 26 heavy (non-hydrogen) atoms. The van der Waals surface area contributed by atoms with Crippen molar-refractivity contribution in [2.45, 2.75) is 84.9 Å². The Bertz CT molecular complexity index is 526. The number of fused-ring (bicyclic) bond motifs is 1. The highest BCUT2D eigenvalue weighted by Gasteiger charge is 2.58. The SMILES string of the molecule is CCCCCCCCCNC(=O)C1C(=O)[C@@H]2CO[C@@H](C(C)(C)C)N2C1=O. The molecule has 0 saturated carbocycles. The standard InChI is InChI=1S/C20H34N2O4/c1-5-6-7-8-9-10-11-12-21-17(24)15-16(23)14-13-26-19(20(2,3)4)22(14)18(15)25/h14-15,19H,5-13H2,1-4H3,(H,21,24)/t14-,15?,19-/m0/s1. The zero-order valence-corrected chi connectivity index (χ0v) is 16.7. The number of hydrogen-bond donors (Lipinski definition) is 1. The second kappa shape index (κ2) is 8.98. The number of rotatable bonds is 9. The number of nitrogens with one attached hydrogen (secondary N) is 1. The van der Waals surface area contributed by atoms with Crippen LogP contribution in [0, 0.1) is 11.3 Å². The third-order valence-corrected chi connectivity index (χ3v) is 5.20. The van der Waals surface area contributed by atoms with Crippen LogP contribution in [0.4, 0.5) is 0 Å². The molecule has 0 aromatic rings. The fourth-order valence-electron chi connectivity index (χ4n) is 3.76. The zero-order valence-electron chi connectivity index (χ0n) is 16.7. The van der Waals surface area contributed by atoms with Gasteiger partial charge in [0, 0.05) is 12.0 Å². The van der Waals surface area contributed by atoms with Crippen LogP contribution in [0.15, 0.2) is 0 Å². The van der Waals surface area contributed by atoms with Gasteiger partial charge in [-0.3, -0.25) is 14.4 Å². The molecule has 1 N–H and O–H groups in total. The highest BCUT2D eigenvalue weighted by molar-refractivity contribution is 6.24. The highest BCUT2D eigenvalue weighted by atomic mass is 16.5. The van der Waals surface area contributed by atoms with Crippen LogP contribution >= 0.6 is 0 Å². The normalized spacial score (nSPS) is 25.7. The molecule has 0 spiro atoms. The number of carbonyl (C=O) groups is 3. The molecule has 6 nitrogen and oxygen atoms in total. The average Bonchev–Trinajstić information content (AvgIpc) is 3.11. The topological polar surface area (TPSA) is 75.7 Å². The molecule has 2 rings (SSSR count). The molecule has 2 fully saturated rings. The summed E-state index contributed by atoms with van der Waals surface area (Å²) in [6, 6.07) is -0.610. The number of hydrogen-bond acceptors (Lipinski definition) is 4. The van der Waals surface area contributed by atoms with Crippen molar-refractivity contribution < 1.29 is 19.1 Å². The summed E-state index contributed by atoms with van der Waals surface area (Å²) in [4.78, 5) is 39.1. The molecule has 148 valence electrons. The zero-order chi connectivity index (χ0) is 19.3. The van der Waals surface area contributed by atoms with E-state index in [1.54, 1.807) is 0 Å². The summed E-state index contributed by atoms with van der Waals surface area (Å²) in [5, 5.41) is 2.78. The molecular weight excluding hydrogens is 332 g/mol. The van der Waals surface area contributed by atoms with Gasteiger partial charge >= 0.3 is 0 Å². The maximum atomic E-state index is 12.7. The number of amides is 2. The quantitative estimate of drug-likeness (QED) is 0.503. The molecule has 1 unspecified atom stereocenters. The van der Waals surface area contributed by atoms with Crippen LogP contribution in [0.3, 0.4) is 0 Å². The first-order chi connectivity index (χ1) is 12.3. The van der Waals surface area contributed by atoms with E-state index in [0.717, 1.165) is 19.3 Å². The molecular formula is C20H34N2O4.